The third kappa shape index (κ3) is 4.01. The Morgan fingerprint density at radius 3 is 2.95 bits per heavy atom. The molecule has 2 N–H and O–H groups in total. The van der Waals surface area contributed by atoms with Crippen LogP contribution in [0.2, 0.25) is 0 Å². The van der Waals surface area contributed by atoms with E-state index in [0.717, 1.165) is 4.88 Å². The van der Waals surface area contributed by atoms with Gasteiger partial charge in [0.1, 0.15) is 0 Å². The van der Waals surface area contributed by atoms with E-state index in [0.29, 0.717) is 12.3 Å². The summed E-state index contributed by atoms with van der Waals surface area (Å²) < 4.78 is 0. The molecule has 22 heavy (non-hydrogen) atoms. The molecule has 2 amide bonds. The lowest BCUT2D eigenvalue weighted by Crippen LogP contribution is -2.35. The van der Waals surface area contributed by atoms with E-state index in [4.69, 9.17) is 5.11 Å². The number of rotatable bonds is 7. The normalized spacial score (nSPS) is 21.1. The van der Waals surface area contributed by atoms with Gasteiger partial charge < -0.3 is 15.3 Å². The lowest BCUT2D eigenvalue weighted by atomic mass is 9.98. The van der Waals surface area contributed by atoms with E-state index >= 15 is 0 Å². The number of thioether (sulfide) groups is 1. The molecular formula is C14H18N2O4S2. The topological polar surface area (TPSA) is 86.7 Å². The Kier molecular flexibility index (Phi) is 5.84. The molecule has 8 heteroatoms. The summed E-state index contributed by atoms with van der Waals surface area (Å²) >= 11 is 2.80. The molecule has 1 aromatic heterocycles. The second kappa shape index (κ2) is 7.64. The van der Waals surface area contributed by atoms with Crippen molar-refractivity contribution in [1.82, 2.24) is 10.2 Å². The molecule has 0 aliphatic carbocycles. The van der Waals surface area contributed by atoms with Gasteiger partial charge >= 0.3 is 5.97 Å². The third-order valence-electron chi connectivity index (χ3n) is 3.53. The predicted molar refractivity (Wildman–Crippen MR) is 85.9 cm³/mol. The van der Waals surface area contributed by atoms with Gasteiger partial charge in [0.25, 0.3) is 0 Å². The van der Waals surface area contributed by atoms with Gasteiger partial charge in [-0.1, -0.05) is 6.07 Å². The number of nitrogens with one attached hydrogen (secondary N) is 1. The summed E-state index contributed by atoms with van der Waals surface area (Å²) in [6, 6.07) is 3.64. The molecule has 1 aliphatic heterocycles. The SMILES string of the molecule is CN1C(=O)C[C@@H](C(=O)NCCSCC(=O)O)[C@@H]1c1cccs1. The van der Waals surface area contributed by atoms with Crippen LogP contribution >= 0.6 is 23.1 Å². The smallest absolute Gasteiger partial charge is 0.313 e. The minimum Gasteiger partial charge on any atom is -0.481 e. The van der Waals surface area contributed by atoms with Crippen molar-refractivity contribution in [2.45, 2.75) is 12.5 Å². The van der Waals surface area contributed by atoms with Crippen LogP contribution < -0.4 is 5.32 Å². The van der Waals surface area contributed by atoms with E-state index in [9.17, 15) is 14.4 Å². The highest BCUT2D eigenvalue weighted by Gasteiger charge is 2.42. The summed E-state index contributed by atoms with van der Waals surface area (Å²) in [6.07, 6.45) is 0.215. The molecule has 0 bridgehead atoms. The van der Waals surface area contributed by atoms with Gasteiger partial charge in [0, 0.05) is 30.6 Å². The zero-order chi connectivity index (χ0) is 16.1. The molecule has 0 unspecified atom stereocenters. The van der Waals surface area contributed by atoms with Crippen molar-refractivity contribution in [2.24, 2.45) is 5.92 Å². The quantitative estimate of drug-likeness (QED) is 0.727. The van der Waals surface area contributed by atoms with Gasteiger partial charge in [0.2, 0.25) is 11.8 Å². The second-order valence-electron chi connectivity index (χ2n) is 5.01. The van der Waals surface area contributed by atoms with Crippen LogP contribution in [0.25, 0.3) is 0 Å². The summed E-state index contributed by atoms with van der Waals surface area (Å²) in [5, 5.41) is 13.3. The van der Waals surface area contributed by atoms with Crippen LogP contribution in [-0.2, 0) is 14.4 Å². The Balaban J connectivity index is 1.90. The fourth-order valence-corrected chi connectivity index (χ4v) is 3.99. The molecule has 6 nitrogen and oxygen atoms in total. The summed E-state index contributed by atoms with van der Waals surface area (Å²) in [7, 11) is 1.72. The van der Waals surface area contributed by atoms with E-state index in [2.05, 4.69) is 5.32 Å². The number of amides is 2. The Labute approximate surface area is 136 Å². The van der Waals surface area contributed by atoms with Crippen LogP contribution in [0.15, 0.2) is 17.5 Å². The minimum absolute atomic E-state index is 0.0261. The third-order valence-corrected chi connectivity index (χ3v) is 5.42. The maximum absolute atomic E-state index is 12.3. The number of aliphatic carboxylic acids is 1. The fourth-order valence-electron chi connectivity index (χ4n) is 2.49. The molecule has 1 saturated heterocycles. The number of thiophene rings is 1. The number of likely N-dealkylation sites (tertiary alicyclic amines) is 1. The van der Waals surface area contributed by atoms with Gasteiger partial charge in [-0.15, -0.1) is 23.1 Å². The van der Waals surface area contributed by atoms with Gasteiger partial charge in [0.15, 0.2) is 0 Å². The highest BCUT2D eigenvalue weighted by molar-refractivity contribution is 7.99. The highest BCUT2D eigenvalue weighted by Crippen LogP contribution is 2.38. The van der Waals surface area contributed by atoms with E-state index in [-0.39, 0.29) is 35.9 Å². The molecule has 2 heterocycles. The largest absolute Gasteiger partial charge is 0.481 e. The van der Waals surface area contributed by atoms with Crippen molar-refractivity contribution >= 4 is 40.9 Å². The Morgan fingerprint density at radius 2 is 2.32 bits per heavy atom. The van der Waals surface area contributed by atoms with E-state index < -0.39 is 5.97 Å². The van der Waals surface area contributed by atoms with Gasteiger partial charge in [-0.05, 0) is 11.4 Å². The molecule has 1 aliphatic rings. The standard InChI is InChI=1S/C14H18N2O4S2/c1-16-11(17)7-9(13(16)10-3-2-5-22-10)14(20)15-4-6-21-8-12(18)19/h2-3,5,9,13H,4,6-8H2,1H3,(H,15,20)(H,18,19)/t9-,13-/m1/s1. The van der Waals surface area contributed by atoms with Crippen molar-refractivity contribution in [3.8, 4) is 0 Å². The molecule has 2 rings (SSSR count). The Bertz CT molecular complexity index is 547. The summed E-state index contributed by atoms with van der Waals surface area (Å²) in [4.78, 5) is 37.3. The maximum Gasteiger partial charge on any atom is 0.313 e. The van der Waals surface area contributed by atoms with E-state index in [1.54, 1.807) is 11.9 Å². The van der Waals surface area contributed by atoms with Crippen LogP contribution in [0.5, 0.6) is 0 Å². The van der Waals surface area contributed by atoms with Gasteiger partial charge in [-0.2, -0.15) is 0 Å². The van der Waals surface area contributed by atoms with Gasteiger partial charge in [-0.25, -0.2) is 0 Å². The molecule has 0 radical (unpaired) electrons. The average molecular weight is 342 g/mol. The zero-order valence-electron chi connectivity index (χ0n) is 12.2. The van der Waals surface area contributed by atoms with E-state index in [1.807, 2.05) is 17.5 Å². The number of carbonyl (C=O) groups is 3. The first-order valence-corrected chi connectivity index (χ1v) is 8.90. The Morgan fingerprint density at radius 1 is 1.55 bits per heavy atom. The summed E-state index contributed by atoms with van der Waals surface area (Å²) in [5.74, 6) is -0.861. The second-order valence-corrected chi connectivity index (χ2v) is 7.10. The van der Waals surface area contributed by atoms with Crippen LogP contribution in [0.3, 0.4) is 0 Å². The number of carboxylic acids is 1. The molecule has 1 fully saturated rings. The first-order chi connectivity index (χ1) is 10.5. The van der Waals surface area contributed by atoms with Gasteiger partial charge in [0.05, 0.1) is 17.7 Å². The van der Waals surface area contributed by atoms with Crippen LogP contribution in [0, 0.1) is 5.92 Å². The lowest BCUT2D eigenvalue weighted by Gasteiger charge is -2.23. The molecule has 120 valence electrons. The van der Waals surface area contributed by atoms with Crippen molar-refractivity contribution in [3.63, 3.8) is 0 Å². The van der Waals surface area contributed by atoms with Crippen LogP contribution in [0.1, 0.15) is 17.3 Å². The predicted octanol–water partition coefficient (Wildman–Crippen LogP) is 1.20. The number of nitrogens with zero attached hydrogens (tertiary/aromatic N) is 1. The fraction of sp³-hybridized carbons (Fsp3) is 0.500. The van der Waals surface area contributed by atoms with Crippen molar-refractivity contribution in [1.29, 1.82) is 0 Å². The monoisotopic (exact) mass is 342 g/mol. The van der Waals surface area contributed by atoms with Gasteiger partial charge in [-0.3, -0.25) is 14.4 Å². The number of carboxylic acid groups (broad SMARTS) is 1. The molecule has 0 spiro atoms. The molecule has 1 aromatic rings. The minimum atomic E-state index is -0.864. The first kappa shape index (κ1) is 16.8. The molecule has 0 saturated carbocycles. The van der Waals surface area contributed by atoms with E-state index in [1.165, 1.54) is 23.1 Å². The number of carbonyl (C=O) groups excluding carboxylic acids is 2. The highest BCUT2D eigenvalue weighted by atomic mass is 32.2. The summed E-state index contributed by atoms with van der Waals surface area (Å²) in [6.45, 7) is 0.405. The Hall–Kier alpha value is -1.54. The summed E-state index contributed by atoms with van der Waals surface area (Å²) in [5.41, 5.74) is 0. The maximum atomic E-state index is 12.3. The first-order valence-electron chi connectivity index (χ1n) is 6.87. The molecular weight excluding hydrogens is 324 g/mol. The number of hydrogen-bond acceptors (Lipinski definition) is 5. The van der Waals surface area contributed by atoms with Crippen LogP contribution in [-0.4, -0.2) is 52.9 Å². The van der Waals surface area contributed by atoms with Crippen molar-refractivity contribution in [3.05, 3.63) is 22.4 Å². The molecule has 2 atom stereocenters. The zero-order valence-corrected chi connectivity index (χ0v) is 13.8. The molecule has 0 aromatic carbocycles. The average Bonchev–Trinajstić information content (AvgIpc) is 3.07. The van der Waals surface area contributed by atoms with Crippen molar-refractivity contribution < 1.29 is 19.5 Å². The lowest BCUT2D eigenvalue weighted by molar-refractivity contribution is -0.134. The number of hydrogen-bond donors (Lipinski definition) is 2. The van der Waals surface area contributed by atoms with Crippen LogP contribution in [0.4, 0.5) is 0 Å². The van der Waals surface area contributed by atoms with Crippen molar-refractivity contribution in [2.75, 3.05) is 25.1 Å².